The van der Waals surface area contributed by atoms with E-state index in [2.05, 4.69) is 9.97 Å². The van der Waals surface area contributed by atoms with E-state index < -0.39 is 0 Å². The van der Waals surface area contributed by atoms with Crippen LogP contribution in [0.3, 0.4) is 0 Å². The van der Waals surface area contributed by atoms with Crippen LogP contribution in [-0.2, 0) is 0 Å². The van der Waals surface area contributed by atoms with E-state index in [0.717, 1.165) is 5.56 Å². The first kappa shape index (κ1) is 11.8. The number of carbonyl (C=O) groups excluding carboxylic acids is 1. The third-order valence-corrected chi connectivity index (χ3v) is 3.50. The molecular weight excluding hydrogens is 260 g/mol. The van der Waals surface area contributed by atoms with Crippen molar-refractivity contribution < 1.29 is 9.21 Å². The van der Waals surface area contributed by atoms with Crippen LogP contribution in [0.15, 0.2) is 46.7 Å². The smallest absolute Gasteiger partial charge is 0.223 e. The number of pyridine rings is 1. The zero-order chi connectivity index (χ0) is 13.2. The van der Waals surface area contributed by atoms with Gasteiger partial charge in [-0.05, 0) is 30.7 Å². The highest BCUT2D eigenvalue weighted by molar-refractivity contribution is 7.12. The molecule has 0 fully saturated rings. The van der Waals surface area contributed by atoms with Crippen molar-refractivity contribution in [2.45, 2.75) is 6.92 Å². The second kappa shape index (κ2) is 4.78. The molecule has 0 aromatic carbocycles. The van der Waals surface area contributed by atoms with Gasteiger partial charge in [0.15, 0.2) is 5.76 Å². The fourth-order valence-corrected chi connectivity index (χ4v) is 2.45. The Kier molecular flexibility index (Phi) is 2.97. The maximum atomic E-state index is 12.4. The van der Waals surface area contributed by atoms with Crippen LogP contribution in [0.1, 0.15) is 20.9 Å². The Labute approximate surface area is 113 Å². The number of rotatable bonds is 3. The predicted octanol–water partition coefficient (Wildman–Crippen LogP) is 3.34. The van der Waals surface area contributed by atoms with E-state index in [4.69, 9.17) is 4.42 Å². The Hall–Kier alpha value is -2.27. The average molecular weight is 270 g/mol. The summed E-state index contributed by atoms with van der Waals surface area (Å²) in [5.74, 6) is 0.464. The molecule has 19 heavy (non-hydrogen) atoms. The highest BCUT2D eigenvalue weighted by atomic mass is 32.1. The van der Waals surface area contributed by atoms with Crippen LogP contribution in [0.2, 0.25) is 0 Å². The summed E-state index contributed by atoms with van der Waals surface area (Å²) in [7, 11) is 0. The molecule has 0 amide bonds. The molecule has 0 bridgehead atoms. The molecule has 5 heteroatoms. The maximum Gasteiger partial charge on any atom is 0.223 e. The van der Waals surface area contributed by atoms with Crippen molar-refractivity contribution >= 4 is 17.1 Å². The number of nitrogens with zero attached hydrogens (tertiary/aromatic N) is 2. The lowest BCUT2D eigenvalue weighted by Gasteiger charge is -2.00. The summed E-state index contributed by atoms with van der Waals surface area (Å²) >= 11 is 1.29. The van der Waals surface area contributed by atoms with Gasteiger partial charge < -0.3 is 4.42 Å². The van der Waals surface area contributed by atoms with Crippen molar-refractivity contribution in [3.63, 3.8) is 0 Å². The molecular formula is C14H10N2O2S. The maximum absolute atomic E-state index is 12.4. The molecule has 0 saturated heterocycles. The minimum absolute atomic E-state index is 0.131. The fraction of sp³-hybridized carbons (Fsp3) is 0.0714. The van der Waals surface area contributed by atoms with Crippen molar-refractivity contribution in [1.82, 2.24) is 9.97 Å². The molecule has 3 rings (SSSR count). The lowest BCUT2D eigenvalue weighted by Crippen LogP contribution is -2.03. The SMILES string of the molecule is Cc1ccc(C(=O)c2scnc2-c2ccco2)nc1. The van der Waals surface area contributed by atoms with Crippen LogP contribution in [0, 0.1) is 6.92 Å². The second-order valence-corrected chi connectivity index (χ2v) is 4.91. The minimum Gasteiger partial charge on any atom is -0.463 e. The number of hydrogen-bond donors (Lipinski definition) is 0. The van der Waals surface area contributed by atoms with Gasteiger partial charge in [-0.3, -0.25) is 9.78 Å². The Morgan fingerprint density at radius 1 is 1.26 bits per heavy atom. The summed E-state index contributed by atoms with van der Waals surface area (Å²) < 4.78 is 5.30. The molecule has 94 valence electrons. The van der Waals surface area contributed by atoms with Crippen LogP contribution < -0.4 is 0 Å². The number of aromatic nitrogens is 2. The summed E-state index contributed by atoms with van der Waals surface area (Å²) in [5.41, 5.74) is 3.65. The van der Waals surface area contributed by atoms with Crippen LogP contribution in [-0.4, -0.2) is 15.8 Å². The lowest BCUT2D eigenvalue weighted by atomic mass is 10.1. The van der Waals surface area contributed by atoms with Gasteiger partial charge in [0.1, 0.15) is 16.3 Å². The number of thiazole rings is 1. The molecule has 0 unspecified atom stereocenters. The van der Waals surface area contributed by atoms with E-state index in [1.807, 2.05) is 13.0 Å². The van der Waals surface area contributed by atoms with Gasteiger partial charge in [-0.25, -0.2) is 4.98 Å². The summed E-state index contributed by atoms with van der Waals surface area (Å²) in [6.45, 7) is 1.93. The van der Waals surface area contributed by atoms with Gasteiger partial charge in [-0.2, -0.15) is 0 Å². The van der Waals surface area contributed by atoms with Gasteiger partial charge >= 0.3 is 0 Å². The monoisotopic (exact) mass is 270 g/mol. The summed E-state index contributed by atoms with van der Waals surface area (Å²) in [4.78, 5) is 21.3. The lowest BCUT2D eigenvalue weighted by molar-refractivity contribution is 0.103. The molecule has 4 nitrogen and oxygen atoms in total. The van der Waals surface area contributed by atoms with E-state index >= 15 is 0 Å². The average Bonchev–Trinajstić information content (AvgIpc) is 3.09. The summed E-state index contributed by atoms with van der Waals surface area (Å²) in [6.07, 6.45) is 3.24. The van der Waals surface area contributed by atoms with Crippen molar-refractivity contribution in [1.29, 1.82) is 0 Å². The first-order chi connectivity index (χ1) is 9.25. The third kappa shape index (κ3) is 2.20. The molecule has 0 aliphatic heterocycles. The van der Waals surface area contributed by atoms with E-state index in [9.17, 15) is 4.79 Å². The molecule has 3 aromatic rings. The molecule has 0 aliphatic carbocycles. The summed E-state index contributed by atoms with van der Waals surface area (Å²) in [5, 5.41) is 0. The zero-order valence-electron chi connectivity index (χ0n) is 10.2. The van der Waals surface area contributed by atoms with Crippen molar-refractivity contribution in [3.8, 4) is 11.5 Å². The van der Waals surface area contributed by atoms with Crippen LogP contribution >= 0.6 is 11.3 Å². The Balaban J connectivity index is 2.01. The van der Waals surface area contributed by atoms with Gasteiger partial charge in [0.25, 0.3) is 0 Å². The molecule has 0 radical (unpaired) electrons. The largest absolute Gasteiger partial charge is 0.463 e. The van der Waals surface area contributed by atoms with Gasteiger partial charge in [-0.1, -0.05) is 6.07 Å². The number of ketones is 1. The number of aryl methyl sites for hydroxylation is 1. The molecule has 0 atom stereocenters. The molecule has 0 N–H and O–H groups in total. The minimum atomic E-state index is -0.131. The predicted molar refractivity (Wildman–Crippen MR) is 72.2 cm³/mol. The standard InChI is InChI=1S/C14H10N2O2S/c1-9-4-5-10(15-7-9)13(17)14-12(16-8-19-14)11-3-2-6-18-11/h2-8H,1H3. The Bertz CT molecular complexity index is 699. The first-order valence-corrected chi connectivity index (χ1v) is 6.58. The molecule has 3 heterocycles. The number of hydrogen-bond acceptors (Lipinski definition) is 5. The Morgan fingerprint density at radius 3 is 2.84 bits per heavy atom. The van der Waals surface area contributed by atoms with Crippen molar-refractivity contribution in [3.05, 3.63) is 58.4 Å². The highest BCUT2D eigenvalue weighted by Crippen LogP contribution is 2.27. The normalized spacial score (nSPS) is 10.6. The Morgan fingerprint density at radius 2 is 2.16 bits per heavy atom. The van der Waals surface area contributed by atoms with Crippen molar-refractivity contribution in [2.24, 2.45) is 0 Å². The van der Waals surface area contributed by atoms with Gasteiger partial charge in [0, 0.05) is 6.20 Å². The number of carbonyl (C=O) groups is 1. The highest BCUT2D eigenvalue weighted by Gasteiger charge is 2.20. The van der Waals surface area contributed by atoms with E-state index in [0.29, 0.717) is 22.0 Å². The molecule has 0 aliphatic rings. The van der Waals surface area contributed by atoms with E-state index in [-0.39, 0.29) is 5.78 Å². The zero-order valence-corrected chi connectivity index (χ0v) is 11.0. The molecule has 0 saturated carbocycles. The van der Waals surface area contributed by atoms with E-state index in [1.54, 1.807) is 36.2 Å². The van der Waals surface area contributed by atoms with E-state index in [1.165, 1.54) is 11.3 Å². The topological polar surface area (TPSA) is 56.0 Å². The molecule has 0 spiro atoms. The first-order valence-electron chi connectivity index (χ1n) is 5.70. The summed E-state index contributed by atoms with van der Waals surface area (Å²) in [6, 6.07) is 7.15. The third-order valence-electron chi connectivity index (χ3n) is 2.67. The van der Waals surface area contributed by atoms with Gasteiger partial charge in [-0.15, -0.1) is 11.3 Å². The van der Waals surface area contributed by atoms with Crippen LogP contribution in [0.5, 0.6) is 0 Å². The molecule has 3 aromatic heterocycles. The van der Waals surface area contributed by atoms with Gasteiger partial charge in [0.2, 0.25) is 5.78 Å². The van der Waals surface area contributed by atoms with Crippen LogP contribution in [0.4, 0.5) is 0 Å². The number of furan rings is 1. The fourth-order valence-electron chi connectivity index (χ4n) is 1.71. The van der Waals surface area contributed by atoms with Crippen molar-refractivity contribution in [2.75, 3.05) is 0 Å². The second-order valence-electron chi connectivity index (χ2n) is 4.06. The quantitative estimate of drug-likeness (QED) is 0.685. The van der Waals surface area contributed by atoms with Crippen LogP contribution in [0.25, 0.3) is 11.5 Å². The van der Waals surface area contributed by atoms with Gasteiger partial charge in [0.05, 0.1) is 11.8 Å².